The van der Waals surface area contributed by atoms with E-state index >= 15 is 0 Å². The van der Waals surface area contributed by atoms with Gasteiger partial charge in [0.25, 0.3) is 0 Å². The van der Waals surface area contributed by atoms with Crippen LogP contribution in [0.5, 0.6) is 0 Å². The van der Waals surface area contributed by atoms with E-state index in [1.54, 1.807) is 6.07 Å². The lowest BCUT2D eigenvalue weighted by atomic mass is 9.88. The molecule has 1 aromatic carbocycles. The average Bonchev–Trinajstić information content (AvgIpc) is 3.45. The molecule has 4 rings (SSSR count). The Balaban J connectivity index is 1.71. The van der Waals surface area contributed by atoms with Crippen molar-refractivity contribution < 1.29 is 0 Å². The van der Waals surface area contributed by atoms with Crippen LogP contribution in [0, 0.1) is 16.7 Å². The van der Waals surface area contributed by atoms with E-state index in [1.807, 2.05) is 13.1 Å². The summed E-state index contributed by atoms with van der Waals surface area (Å²) in [5, 5.41) is 9.30. The van der Waals surface area contributed by atoms with Crippen molar-refractivity contribution in [2.24, 2.45) is 5.41 Å². The van der Waals surface area contributed by atoms with Crippen LogP contribution in [-0.4, -0.2) is 4.57 Å². The van der Waals surface area contributed by atoms with Crippen molar-refractivity contribution >= 4 is 5.57 Å². The second-order valence-electron chi connectivity index (χ2n) is 8.27. The van der Waals surface area contributed by atoms with Crippen LogP contribution in [0.25, 0.3) is 16.8 Å². The van der Waals surface area contributed by atoms with Crippen LogP contribution in [0.4, 0.5) is 0 Å². The summed E-state index contributed by atoms with van der Waals surface area (Å²) >= 11 is 0. The Morgan fingerprint density at radius 2 is 2.15 bits per heavy atom. The fourth-order valence-corrected chi connectivity index (χ4v) is 4.25. The summed E-state index contributed by atoms with van der Waals surface area (Å²) in [6.07, 6.45) is 8.01. The minimum Gasteiger partial charge on any atom is -0.343 e. The first-order valence-electron chi connectivity index (χ1n) is 9.92. The third kappa shape index (κ3) is 3.14. The average molecular weight is 358 g/mol. The molecular formula is C24H26N2O. The Labute approximate surface area is 161 Å². The maximum atomic E-state index is 12.6. The van der Waals surface area contributed by atoms with E-state index in [4.69, 9.17) is 0 Å². The molecule has 27 heavy (non-hydrogen) atoms. The summed E-state index contributed by atoms with van der Waals surface area (Å²) < 4.78 is 2.27. The van der Waals surface area contributed by atoms with Gasteiger partial charge in [-0.1, -0.05) is 31.7 Å². The molecule has 1 aliphatic carbocycles. The monoisotopic (exact) mass is 358 g/mol. The van der Waals surface area contributed by atoms with Gasteiger partial charge in [-0.2, -0.15) is 5.26 Å². The molecule has 1 saturated carbocycles. The zero-order chi connectivity index (χ0) is 19.2. The summed E-state index contributed by atoms with van der Waals surface area (Å²) in [4.78, 5) is 12.6. The Kier molecular flexibility index (Phi) is 4.30. The SMILES string of the molecule is C=C(C)c1cn2c(cc1=O)-c1ccc(CCC3(C#N)CC3)cc1CC2CC. The van der Waals surface area contributed by atoms with Gasteiger partial charge < -0.3 is 4.57 Å². The molecule has 2 aliphatic rings. The number of benzene rings is 1. The molecule has 0 saturated heterocycles. The van der Waals surface area contributed by atoms with Gasteiger partial charge >= 0.3 is 0 Å². The number of hydrogen-bond acceptors (Lipinski definition) is 2. The fraction of sp³-hybridized carbons (Fsp3) is 0.417. The molecule has 0 N–H and O–H groups in total. The molecule has 0 radical (unpaired) electrons. The first kappa shape index (κ1) is 17.8. The van der Waals surface area contributed by atoms with Crippen molar-refractivity contribution in [3.63, 3.8) is 0 Å². The van der Waals surface area contributed by atoms with Gasteiger partial charge in [0.1, 0.15) is 0 Å². The van der Waals surface area contributed by atoms with Gasteiger partial charge in [-0.3, -0.25) is 4.79 Å². The minimum absolute atomic E-state index is 0.0465. The highest BCUT2D eigenvalue weighted by Gasteiger charge is 2.42. The van der Waals surface area contributed by atoms with E-state index in [0.29, 0.717) is 11.6 Å². The number of aryl methyl sites for hydroxylation is 1. The standard InChI is InChI=1S/C24H26N2O/c1-4-19-12-18-11-17(7-8-24(15-25)9-10-24)5-6-20(18)22-13-23(27)21(16(2)3)14-26(19)22/h5-6,11,13-14,19H,2,4,7-10,12H2,1,3H3. The third-order valence-corrected chi connectivity index (χ3v) is 6.29. The Morgan fingerprint density at radius 1 is 1.37 bits per heavy atom. The molecule has 3 nitrogen and oxygen atoms in total. The Hall–Kier alpha value is -2.60. The zero-order valence-electron chi connectivity index (χ0n) is 16.2. The molecule has 0 amide bonds. The van der Waals surface area contributed by atoms with Crippen LogP contribution in [0.2, 0.25) is 0 Å². The number of aromatic nitrogens is 1. The predicted molar refractivity (Wildman–Crippen MR) is 109 cm³/mol. The number of nitriles is 1. The molecule has 3 heteroatoms. The number of nitrogens with zero attached hydrogens (tertiary/aromatic N) is 2. The summed E-state index contributed by atoms with van der Waals surface area (Å²) in [7, 11) is 0. The van der Waals surface area contributed by atoms with E-state index in [1.165, 1.54) is 11.1 Å². The highest BCUT2D eigenvalue weighted by atomic mass is 16.1. The molecule has 138 valence electrons. The molecule has 0 spiro atoms. The zero-order valence-corrected chi connectivity index (χ0v) is 16.2. The highest BCUT2D eigenvalue weighted by molar-refractivity contribution is 5.70. The smallest absolute Gasteiger partial charge is 0.189 e. The van der Waals surface area contributed by atoms with E-state index in [-0.39, 0.29) is 10.8 Å². The van der Waals surface area contributed by atoms with Crippen molar-refractivity contribution in [2.45, 2.75) is 58.4 Å². The molecule has 1 atom stereocenters. The van der Waals surface area contributed by atoms with E-state index in [0.717, 1.165) is 55.4 Å². The van der Waals surface area contributed by atoms with E-state index < -0.39 is 0 Å². The van der Waals surface area contributed by atoms with Crippen LogP contribution in [-0.2, 0) is 12.8 Å². The fourth-order valence-electron chi connectivity index (χ4n) is 4.25. The van der Waals surface area contributed by atoms with Gasteiger partial charge in [0.05, 0.1) is 17.2 Å². The summed E-state index contributed by atoms with van der Waals surface area (Å²) in [5.74, 6) is 0. The van der Waals surface area contributed by atoms with Gasteiger partial charge in [-0.15, -0.1) is 0 Å². The summed E-state index contributed by atoms with van der Waals surface area (Å²) in [6, 6.07) is 11.2. The minimum atomic E-state index is -0.0548. The molecule has 1 fully saturated rings. The van der Waals surface area contributed by atoms with Crippen LogP contribution in [0.3, 0.4) is 0 Å². The van der Waals surface area contributed by atoms with E-state index in [2.05, 4.69) is 42.3 Å². The van der Waals surface area contributed by atoms with Gasteiger partial charge in [-0.25, -0.2) is 0 Å². The van der Waals surface area contributed by atoms with Gasteiger partial charge in [0.2, 0.25) is 0 Å². The topological polar surface area (TPSA) is 45.8 Å². The molecule has 1 aromatic heterocycles. The Morgan fingerprint density at radius 3 is 2.78 bits per heavy atom. The van der Waals surface area contributed by atoms with Crippen molar-refractivity contribution in [3.8, 4) is 17.3 Å². The maximum Gasteiger partial charge on any atom is 0.189 e. The number of fused-ring (bicyclic) bond motifs is 3. The summed E-state index contributed by atoms with van der Waals surface area (Å²) in [5.41, 5.74) is 6.32. The van der Waals surface area contributed by atoms with Crippen molar-refractivity contribution in [3.05, 3.63) is 64.0 Å². The van der Waals surface area contributed by atoms with Crippen LogP contribution in [0.15, 0.2) is 41.8 Å². The van der Waals surface area contributed by atoms with Crippen molar-refractivity contribution in [1.82, 2.24) is 4.57 Å². The molecule has 1 aliphatic heterocycles. The highest BCUT2D eigenvalue weighted by Crippen LogP contribution is 2.48. The van der Waals surface area contributed by atoms with Crippen molar-refractivity contribution in [1.29, 1.82) is 5.26 Å². The predicted octanol–water partition coefficient (Wildman–Crippen LogP) is 5.29. The van der Waals surface area contributed by atoms with Crippen LogP contribution >= 0.6 is 0 Å². The second kappa shape index (κ2) is 6.53. The number of hydrogen-bond donors (Lipinski definition) is 0. The molecule has 2 aromatic rings. The Bertz CT molecular complexity index is 1020. The second-order valence-corrected chi connectivity index (χ2v) is 8.27. The lowest BCUT2D eigenvalue weighted by Gasteiger charge is -2.31. The third-order valence-electron chi connectivity index (χ3n) is 6.29. The van der Waals surface area contributed by atoms with Crippen LogP contribution < -0.4 is 5.43 Å². The lowest BCUT2D eigenvalue weighted by Crippen LogP contribution is -2.23. The quantitative estimate of drug-likeness (QED) is 0.729. The first-order valence-corrected chi connectivity index (χ1v) is 9.92. The van der Waals surface area contributed by atoms with Gasteiger partial charge in [0.15, 0.2) is 5.43 Å². The van der Waals surface area contributed by atoms with Crippen LogP contribution in [0.1, 0.15) is 62.3 Å². The number of pyridine rings is 1. The largest absolute Gasteiger partial charge is 0.343 e. The molecule has 0 bridgehead atoms. The number of allylic oxidation sites excluding steroid dienone is 1. The molecular weight excluding hydrogens is 332 g/mol. The summed E-state index contributed by atoms with van der Waals surface area (Å²) in [6.45, 7) is 8.05. The van der Waals surface area contributed by atoms with Gasteiger partial charge in [-0.05, 0) is 62.1 Å². The molecule has 2 heterocycles. The number of rotatable bonds is 5. The molecule has 1 unspecified atom stereocenters. The lowest BCUT2D eigenvalue weighted by molar-refractivity contribution is 0.474. The van der Waals surface area contributed by atoms with E-state index in [9.17, 15) is 10.1 Å². The normalized spacial score (nSPS) is 18.9. The van der Waals surface area contributed by atoms with Crippen molar-refractivity contribution in [2.75, 3.05) is 0 Å². The first-order chi connectivity index (χ1) is 13.0. The van der Waals surface area contributed by atoms with Gasteiger partial charge in [0, 0.05) is 29.4 Å². The maximum absolute atomic E-state index is 12.6.